The maximum Gasteiger partial charge on any atom is 2.00 e. The van der Waals surface area contributed by atoms with Crippen molar-refractivity contribution in [1.82, 2.24) is 0 Å². The number of benzene rings is 3. The average molecular weight is 692 g/mol. The van der Waals surface area contributed by atoms with Gasteiger partial charge in [0.15, 0.2) is 0 Å². The SMILES string of the molecule is CC(C)(C)c1cc(C2CCCCC2)c(C(C)(C)C)c([O-])c1[O-].Cc1cccc(C)c1N=C1C(=Nc2c(C)cccc2C)C2CCC1C2.[Ni+2]. The molecule has 6 rings (SSSR count). The van der Waals surface area contributed by atoms with Crippen LogP contribution in [0.2, 0.25) is 0 Å². The largest absolute Gasteiger partial charge is 2.00 e. The van der Waals surface area contributed by atoms with E-state index in [4.69, 9.17) is 9.98 Å². The second-order valence-electron chi connectivity index (χ2n) is 16.6. The Hall–Kier alpha value is -2.91. The van der Waals surface area contributed by atoms with Crippen LogP contribution in [0, 0.1) is 39.5 Å². The van der Waals surface area contributed by atoms with Gasteiger partial charge in [-0.05, 0) is 110 Å². The van der Waals surface area contributed by atoms with E-state index < -0.39 is 0 Å². The second-order valence-corrected chi connectivity index (χ2v) is 16.6. The van der Waals surface area contributed by atoms with Crippen molar-refractivity contribution in [3.05, 3.63) is 81.4 Å². The fourth-order valence-corrected chi connectivity index (χ4v) is 8.12. The molecule has 2 unspecified atom stereocenters. The Morgan fingerprint density at radius 2 is 1.02 bits per heavy atom. The number of fused-ring (bicyclic) bond motifs is 2. The van der Waals surface area contributed by atoms with Crippen molar-refractivity contribution in [3.8, 4) is 11.5 Å². The van der Waals surface area contributed by atoms with Crippen LogP contribution >= 0.6 is 0 Å². The van der Waals surface area contributed by atoms with Crippen LogP contribution in [0.4, 0.5) is 11.4 Å². The molecule has 3 aliphatic rings. The maximum absolute atomic E-state index is 12.8. The van der Waals surface area contributed by atoms with Crippen molar-refractivity contribution >= 4 is 22.8 Å². The molecule has 2 atom stereocenters. The Morgan fingerprint density at radius 1 is 0.583 bits per heavy atom. The van der Waals surface area contributed by atoms with Gasteiger partial charge in [0, 0.05) is 11.8 Å². The molecule has 3 aliphatic carbocycles. The molecule has 5 heteroatoms. The first-order valence-corrected chi connectivity index (χ1v) is 17.9. The van der Waals surface area contributed by atoms with Gasteiger partial charge in [-0.1, -0.05) is 109 Å². The van der Waals surface area contributed by atoms with Gasteiger partial charge in [0.25, 0.3) is 0 Å². The quantitative estimate of drug-likeness (QED) is 0.257. The first kappa shape index (κ1) is 37.9. The first-order valence-electron chi connectivity index (χ1n) is 17.9. The number of para-hydroxylation sites is 2. The molecule has 0 N–H and O–H groups in total. The molecule has 0 radical (unpaired) electrons. The average Bonchev–Trinajstić information content (AvgIpc) is 3.60. The number of rotatable bonds is 3. The number of hydrogen-bond acceptors (Lipinski definition) is 4. The fourth-order valence-electron chi connectivity index (χ4n) is 8.12. The molecule has 3 aromatic rings. The van der Waals surface area contributed by atoms with Crippen molar-refractivity contribution in [3.63, 3.8) is 0 Å². The van der Waals surface area contributed by atoms with Crippen molar-refractivity contribution in [2.24, 2.45) is 21.8 Å². The molecule has 260 valence electrons. The summed E-state index contributed by atoms with van der Waals surface area (Å²) in [6.07, 6.45) is 9.79. The summed E-state index contributed by atoms with van der Waals surface area (Å²) in [5.74, 6) is 1.06. The Morgan fingerprint density at radius 3 is 1.42 bits per heavy atom. The summed E-state index contributed by atoms with van der Waals surface area (Å²) in [6.45, 7) is 20.8. The minimum absolute atomic E-state index is 0. The van der Waals surface area contributed by atoms with Crippen LogP contribution in [0.1, 0.15) is 138 Å². The molecule has 0 heterocycles. The van der Waals surface area contributed by atoms with E-state index in [9.17, 15) is 10.2 Å². The topological polar surface area (TPSA) is 70.8 Å². The van der Waals surface area contributed by atoms with E-state index in [1.165, 1.54) is 72.2 Å². The summed E-state index contributed by atoms with van der Waals surface area (Å²) in [5, 5.41) is 25.4. The van der Waals surface area contributed by atoms with Gasteiger partial charge in [0.05, 0.1) is 22.8 Å². The molecule has 3 fully saturated rings. The summed E-state index contributed by atoms with van der Waals surface area (Å²) >= 11 is 0. The van der Waals surface area contributed by atoms with Gasteiger partial charge in [0.1, 0.15) is 0 Å². The van der Waals surface area contributed by atoms with E-state index in [-0.39, 0.29) is 38.8 Å². The Kier molecular flexibility index (Phi) is 11.8. The van der Waals surface area contributed by atoms with Gasteiger partial charge in [-0.3, -0.25) is 9.98 Å². The van der Waals surface area contributed by atoms with E-state index in [1.54, 1.807) is 0 Å². The number of nitrogens with zero attached hydrogens (tertiary/aromatic N) is 2. The van der Waals surface area contributed by atoms with Gasteiger partial charge in [-0.15, -0.1) is 11.5 Å². The zero-order chi connectivity index (χ0) is 34.3. The summed E-state index contributed by atoms with van der Waals surface area (Å²) in [6, 6.07) is 14.9. The zero-order valence-corrected chi connectivity index (χ0v) is 31.9. The van der Waals surface area contributed by atoms with Crippen molar-refractivity contribution in [1.29, 1.82) is 0 Å². The zero-order valence-electron chi connectivity index (χ0n) is 31.0. The maximum atomic E-state index is 12.8. The van der Waals surface area contributed by atoms with Crippen molar-refractivity contribution in [2.75, 3.05) is 0 Å². The molecule has 0 saturated heterocycles. The van der Waals surface area contributed by atoms with Gasteiger partial charge in [-0.25, -0.2) is 0 Å². The monoisotopic (exact) mass is 690 g/mol. The molecular formula is C43H56N2NiO2. The Bertz CT molecular complexity index is 1570. The van der Waals surface area contributed by atoms with Crippen molar-refractivity contribution < 1.29 is 26.7 Å². The molecule has 3 aromatic carbocycles. The third-order valence-corrected chi connectivity index (χ3v) is 10.7. The van der Waals surface area contributed by atoms with E-state index in [2.05, 4.69) is 70.2 Å². The van der Waals surface area contributed by atoms with Crippen LogP contribution in [-0.4, -0.2) is 11.4 Å². The smallest absolute Gasteiger partial charge is 0.873 e. The second kappa shape index (κ2) is 14.9. The van der Waals surface area contributed by atoms with Gasteiger partial charge in [0.2, 0.25) is 0 Å². The van der Waals surface area contributed by atoms with Gasteiger partial charge in [-0.2, -0.15) is 0 Å². The Balaban J connectivity index is 0.000000214. The number of hydrogen-bond donors (Lipinski definition) is 0. The van der Waals surface area contributed by atoms with Crippen LogP contribution < -0.4 is 10.2 Å². The third-order valence-electron chi connectivity index (χ3n) is 10.7. The minimum Gasteiger partial charge on any atom is -0.873 e. The summed E-state index contributed by atoms with van der Waals surface area (Å²) in [7, 11) is 0. The molecule has 48 heavy (non-hydrogen) atoms. The molecule has 0 amide bonds. The van der Waals surface area contributed by atoms with Crippen LogP contribution in [0.25, 0.3) is 0 Å². The predicted octanol–water partition coefficient (Wildman–Crippen LogP) is 10.7. The van der Waals surface area contributed by atoms with Gasteiger partial charge >= 0.3 is 16.5 Å². The van der Waals surface area contributed by atoms with Crippen LogP contribution in [-0.2, 0) is 27.3 Å². The molecule has 0 spiro atoms. The van der Waals surface area contributed by atoms with E-state index in [0.29, 0.717) is 23.3 Å². The first-order chi connectivity index (χ1) is 22.1. The molecule has 2 bridgehead atoms. The molecule has 3 saturated carbocycles. The fraction of sp³-hybridized carbons (Fsp3) is 0.535. The molecule has 0 aliphatic heterocycles. The number of aliphatic imine (C=N–C) groups is 2. The summed E-state index contributed by atoms with van der Waals surface area (Å²) < 4.78 is 0. The van der Waals surface area contributed by atoms with Crippen LogP contribution in [0.15, 0.2) is 52.4 Å². The van der Waals surface area contributed by atoms with E-state index in [1.807, 2.05) is 41.5 Å². The summed E-state index contributed by atoms with van der Waals surface area (Å²) in [4.78, 5) is 10.3. The predicted molar refractivity (Wildman–Crippen MR) is 195 cm³/mol. The number of aryl methyl sites for hydroxylation is 4. The van der Waals surface area contributed by atoms with Crippen molar-refractivity contribution in [2.45, 2.75) is 137 Å². The minimum atomic E-state index is -0.294. The Labute approximate surface area is 300 Å². The van der Waals surface area contributed by atoms with E-state index >= 15 is 0 Å². The van der Waals surface area contributed by atoms with E-state index in [0.717, 1.165) is 35.3 Å². The standard InChI is InChI=1S/C23H26N2.C20H32O2.Ni/c1-14-7-5-8-15(2)20(14)24-22-18-11-12-19(13-18)23(22)25-21-16(3)9-6-10-17(21)4;1-19(2,3)15-12-14(13-10-8-7-9-11-13)16(20(4,5)6)18(22)17(15)21;/h5-10,18-19H,11-13H2,1-4H3;12-13,21-22H,7-11H2,1-6H3;/q;;+2/p-2. The molecule has 0 aromatic heterocycles. The van der Waals surface area contributed by atoms with Crippen LogP contribution in [0.5, 0.6) is 11.5 Å². The van der Waals surface area contributed by atoms with Crippen LogP contribution in [0.3, 0.4) is 0 Å². The normalized spacial score (nSPS) is 21.3. The molecule has 4 nitrogen and oxygen atoms in total. The third kappa shape index (κ3) is 7.94. The summed E-state index contributed by atoms with van der Waals surface area (Å²) in [5.41, 5.74) is 11.8. The van der Waals surface area contributed by atoms with Gasteiger partial charge < -0.3 is 10.2 Å². The molecular weight excluding hydrogens is 635 g/mol.